The molecule has 1 aliphatic rings. The predicted octanol–water partition coefficient (Wildman–Crippen LogP) is 4.93. The van der Waals surface area contributed by atoms with E-state index >= 15 is 0 Å². The van der Waals surface area contributed by atoms with E-state index in [0.29, 0.717) is 11.8 Å². The van der Waals surface area contributed by atoms with Gasteiger partial charge in [-0.2, -0.15) is 4.98 Å². The lowest BCUT2D eigenvalue weighted by Gasteiger charge is -2.26. The van der Waals surface area contributed by atoms with Gasteiger partial charge >= 0.3 is 0 Å². The number of piperidine rings is 1. The number of aromatic nitrogens is 1. The number of sulfone groups is 1. The van der Waals surface area contributed by atoms with Crippen LogP contribution in [0.2, 0.25) is 0 Å². The van der Waals surface area contributed by atoms with Gasteiger partial charge in [-0.1, -0.05) is 34.1 Å². The molecule has 0 saturated carbocycles. The van der Waals surface area contributed by atoms with Crippen molar-refractivity contribution in [3.63, 3.8) is 0 Å². The molecule has 1 aliphatic heterocycles. The van der Waals surface area contributed by atoms with E-state index in [1.165, 1.54) is 0 Å². The van der Waals surface area contributed by atoms with E-state index in [4.69, 9.17) is 4.42 Å². The molecule has 0 aliphatic carbocycles. The van der Waals surface area contributed by atoms with Crippen LogP contribution in [0.4, 0.5) is 5.88 Å². The van der Waals surface area contributed by atoms with Gasteiger partial charge in [0.2, 0.25) is 26.6 Å². The molecule has 27 heavy (non-hydrogen) atoms. The minimum Gasteiger partial charge on any atom is -0.419 e. The summed E-state index contributed by atoms with van der Waals surface area (Å²) in [6.07, 6.45) is 3.17. The Hall–Kier alpha value is -2.12. The minimum atomic E-state index is -3.79. The maximum Gasteiger partial charge on any atom is 0.236 e. The summed E-state index contributed by atoms with van der Waals surface area (Å²) in [7, 11) is -3.79. The molecule has 0 unspecified atom stereocenters. The summed E-state index contributed by atoms with van der Waals surface area (Å²) in [5.41, 5.74) is 0.757. The van der Waals surface area contributed by atoms with Crippen molar-refractivity contribution in [2.75, 3.05) is 18.0 Å². The second-order valence-corrected chi connectivity index (χ2v) is 9.28. The molecular weight excluding hydrogens is 428 g/mol. The van der Waals surface area contributed by atoms with Gasteiger partial charge in [0, 0.05) is 23.1 Å². The SMILES string of the molecule is O=S(=O)(c1ccc(Br)cc1)c1nc(-c2ccccc2)oc1N1CCCCC1. The standard InChI is InChI=1S/C20H19BrN2O3S/c21-16-9-11-17(12-10-16)27(24,25)19-20(23-13-5-2-6-14-23)26-18(22-19)15-7-3-1-4-8-15/h1,3-4,7-12H,2,5-6,13-14H2. The van der Waals surface area contributed by atoms with Crippen molar-refractivity contribution in [2.45, 2.75) is 29.2 Å². The fourth-order valence-electron chi connectivity index (χ4n) is 3.20. The summed E-state index contributed by atoms with van der Waals surface area (Å²) >= 11 is 3.34. The first-order chi connectivity index (χ1) is 13.1. The zero-order chi connectivity index (χ0) is 18.9. The summed E-state index contributed by atoms with van der Waals surface area (Å²) in [6, 6.07) is 16.0. The van der Waals surface area contributed by atoms with Gasteiger partial charge in [0.05, 0.1) is 4.90 Å². The fourth-order valence-corrected chi connectivity index (χ4v) is 4.79. The van der Waals surface area contributed by atoms with Crippen LogP contribution < -0.4 is 4.90 Å². The average Bonchev–Trinajstić information content (AvgIpc) is 3.16. The van der Waals surface area contributed by atoms with E-state index in [2.05, 4.69) is 20.9 Å². The third-order valence-corrected chi connectivity index (χ3v) is 6.82. The summed E-state index contributed by atoms with van der Waals surface area (Å²) in [5, 5.41) is -0.00873. The number of anilines is 1. The van der Waals surface area contributed by atoms with E-state index in [1.807, 2.05) is 35.2 Å². The number of nitrogens with zero attached hydrogens (tertiary/aromatic N) is 2. The van der Waals surface area contributed by atoms with Crippen LogP contribution in [0, 0.1) is 0 Å². The number of halogens is 1. The van der Waals surface area contributed by atoms with Gasteiger partial charge in [-0.25, -0.2) is 8.42 Å². The predicted molar refractivity (Wildman–Crippen MR) is 108 cm³/mol. The second kappa shape index (κ2) is 7.48. The molecule has 140 valence electrons. The maximum atomic E-state index is 13.3. The van der Waals surface area contributed by atoms with Crippen molar-refractivity contribution < 1.29 is 12.8 Å². The lowest BCUT2D eigenvalue weighted by Crippen LogP contribution is -2.30. The summed E-state index contributed by atoms with van der Waals surface area (Å²) in [5.74, 6) is 0.670. The van der Waals surface area contributed by atoms with Crippen molar-refractivity contribution in [2.24, 2.45) is 0 Å². The van der Waals surface area contributed by atoms with Crippen molar-refractivity contribution in [3.8, 4) is 11.5 Å². The first kappa shape index (κ1) is 18.3. The zero-order valence-electron chi connectivity index (χ0n) is 14.6. The first-order valence-electron chi connectivity index (χ1n) is 8.87. The smallest absolute Gasteiger partial charge is 0.236 e. The molecule has 0 spiro atoms. The second-order valence-electron chi connectivity index (χ2n) is 6.50. The topological polar surface area (TPSA) is 63.4 Å². The normalized spacial score (nSPS) is 15.1. The monoisotopic (exact) mass is 446 g/mol. The number of oxazole rings is 1. The molecule has 5 nitrogen and oxygen atoms in total. The van der Waals surface area contributed by atoms with Crippen LogP contribution >= 0.6 is 15.9 Å². The highest BCUT2D eigenvalue weighted by Crippen LogP contribution is 2.36. The van der Waals surface area contributed by atoms with E-state index in [9.17, 15) is 8.42 Å². The Balaban J connectivity index is 1.84. The Kier molecular flexibility index (Phi) is 5.06. The average molecular weight is 447 g/mol. The van der Waals surface area contributed by atoms with Crippen molar-refractivity contribution in [1.82, 2.24) is 4.98 Å². The van der Waals surface area contributed by atoms with Crippen molar-refractivity contribution in [1.29, 1.82) is 0 Å². The van der Waals surface area contributed by atoms with E-state index in [-0.39, 0.29) is 9.92 Å². The van der Waals surface area contributed by atoms with E-state index in [1.54, 1.807) is 24.3 Å². The van der Waals surface area contributed by atoms with Crippen LogP contribution in [0.3, 0.4) is 0 Å². The van der Waals surface area contributed by atoms with Gasteiger partial charge in [0.1, 0.15) is 0 Å². The fraction of sp³-hybridized carbons (Fsp3) is 0.250. The molecule has 2 heterocycles. The molecule has 0 bridgehead atoms. The van der Waals surface area contributed by atoms with Crippen LogP contribution in [0.1, 0.15) is 19.3 Å². The molecule has 0 atom stereocenters. The Bertz CT molecular complexity index is 1020. The van der Waals surface area contributed by atoms with Crippen LogP contribution in [0.15, 0.2) is 73.4 Å². The maximum absolute atomic E-state index is 13.3. The van der Waals surface area contributed by atoms with Gasteiger partial charge in [-0.3, -0.25) is 0 Å². The summed E-state index contributed by atoms with van der Waals surface area (Å²) in [6.45, 7) is 1.54. The van der Waals surface area contributed by atoms with Gasteiger partial charge in [0.15, 0.2) is 0 Å². The Morgan fingerprint density at radius 2 is 1.59 bits per heavy atom. The zero-order valence-corrected chi connectivity index (χ0v) is 17.0. The number of rotatable bonds is 4. The lowest BCUT2D eigenvalue weighted by atomic mass is 10.1. The van der Waals surface area contributed by atoms with Gasteiger partial charge in [0.25, 0.3) is 0 Å². The van der Waals surface area contributed by atoms with Gasteiger partial charge < -0.3 is 9.32 Å². The Morgan fingerprint density at radius 1 is 0.926 bits per heavy atom. The quantitative estimate of drug-likeness (QED) is 0.568. The molecule has 1 saturated heterocycles. The number of hydrogen-bond acceptors (Lipinski definition) is 5. The van der Waals surface area contributed by atoms with Gasteiger partial charge in [-0.05, 0) is 55.7 Å². The number of benzene rings is 2. The molecule has 1 fully saturated rings. The van der Waals surface area contributed by atoms with E-state index in [0.717, 1.165) is 42.4 Å². The highest BCUT2D eigenvalue weighted by Gasteiger charge is 2.31. The van der Waals surface area contributed by atoms with Crippen LogP contribution in [-0.2, 0) is 9.84 Å². The molecule has 7 heteroatoms. The molecule has 3 aromatic rings. The number of hydrogen-bond donors (Lipinski definition) is 0. The third-order valence-electron chi connectivity index (χ3n) is 4.62. The summed E-state index contributed by atoms with van der Waals surface area (Å²) in [4.78, 5) is 6.62. The molecule has 0 N–H and O–H groups in total. The molecule has 0 amide bonds. The molecular formula is C20H19BrN2O3S. The summed E-state index contributed by atoms with van der Waals surface area (Å²) < 4.78 is 33.4. The van der Waals surface area contributed by atoms with Crippen LogP contribution in [0.25, 0.3) is 11.5 Å². The lowest BCUT2D eigenvalue weighted by molar-refractivity contribution is 0.499. The molecule has 0 radical (unpaired) electrons. The Labute approximate surface area is 167 Å². The Morgan fingerprint density at radius 3 is 2.26 bits per heavy atom. The van der Waals surface area contributed by atoms with Crippen molar-refractivity contribution in [3.05, 3.63) is 59.1 Å². The molecule has 4 rings (SSSR count). The highest BCUT2D eigenvalue weighted by atomic mass is 79.9. The van der Waals surface area contributed by atoms with Gasteiger partial charge in [-0.15, -0.1) is 0 Å². The highest BCUT2D eigenvalue weighted by molar-refractivity contribution is 9.10. The molecule has 2 aromatic carbocycles. The minimum absolute atomic E-state index is 0.00873. The van der Waals surface area contributed by atoms with Crippen LogP contribution in [0.5, 0.6) is 0 Å². The van der Waals surface area contributed by atoms with Crippen LogP contribution in [-0.4, -0.2) is 26.5 Å². The van der Waals surface area contributed by atoms with Crippen molar-refractivity contribution >= 4 is 31.7 Å². The first-order valence-corrected chi connectivity index (χ1v) is 11.2. The third kappa shape index (κ3) is 3.66. The largest absolute Gasteiger partial charge is 0.419 e. The van der Waals surface area contributed by atoms with E-state index < -0.39 is 9.84 Å². The molecule has 1 aromatic heterocycles.